The van der Waals surface area contributed by atoms with E-state index in [1.165, 1.54) is 10.6 Å². The average Bonchev–Trinajstić information content (AvgIpc) is 2.94. The van der Waals surface area contributed by atoms with Gasteiger partial charge in [-0.3, -0.25) is 13.9 Å². The van der Waals surface area contributed by atoms with Crippen LogP contribution in [-0.2, 0) is 32.6 Å². The molecule has 0 heterocycles. The lowest BCUT2D eigenvalue weighted by Gasteiger charge is -2.32. The van der Waals surface area contributed by atoms with Crippen molar-refractivity contribution in [3.63, 3.8) is 0 Å². The molecule has 0 unspecified atom stereocenters. The Balaban J connectivity index is 1.93. The molecule has 3 aromatic carbocycles. The highest BCUT2D eigenvalue weighted by atomic mass is 35.5. The maximum absolute atomic E-state index is 14.0. The molecule has 1 atom stereocenters. The molecule has 3 aromatic rings. The number of nitrogens with one attached hydrogen (secondary N) is 1. The summed E-state index contributed by atoms with van der Waals surface area (Å²) in [6.45, 7) is 8.46. The minimum absolute atomic E-state index is 0.0326. The number of carbonyl (C=O) groups excluding carboxylic acids is 2. The van der Waals surface area contributed by atoms with Crippen LogP contribution < -0.4 is 9.62 Å². The molecule has 0 bridgehead atoms. The van der Waals surface area contributed by atoms with Crippen LogP contribution in [0.15, 0.2) is 66.7 Å². The average molecular weight is 647 g/mol. The second-order valence-electron chi connectivity index (χ2n) is 11.3. The van der Waals surface area contributed by atoms with Crippen molar-refractivity contribution in [1.82, 2.24) is 10.2 Å². The summed E-state index contributed by atoms with van der Waals surface area (Å²) < 4.78 is 26.9. The number of halogens is 2. The van der Waals surface area contributed by atoms with Crippen LogP contribution in [0, 0.1) is 19.8 Å². The monoisotopic (exact) mass is 645 g/mol. The number of aryl methyl sites for hydroxylation is 2. The fourth-order valence-corrected chi connectivity index (χ4v) is 6.26. The Kier molecular flexibility index (Phi) is 12.5. The topological polar surface area (TPSA) is 86.8 Å². The Morgan fingerprint density at radius 2 is 1.65 bits per heavy atom. The van der Waals surface area contributed by atoms with Crippen molar-refractivity contribution in [1.29, 1.82) is 0 Å². The normalized spacial score (nSPS) is 12.2. The predicted molar refractivity (Wildman–Crippen MR) is 176 cm³/mol. The number of hydrogen-bond donors (Lipinski definition) is 1. The summed E-state index contributed by atoms with van der Waals surface area (Å²) in [5.41, 5.74) is 3.92. The van der Waals surface area contributed by atoms with Crippen molar-refractivity contribution in [3.8, 4) is 0 Å². The zero-order valence-corrected chi connectivity index (χ0v) is 27.8. The lowest BCUT2D eigenvalue weighted by atomic mass is 10.0. The van der Waals surface area contributed by atoms with Crippen LogP contribution in [0.4, 0.5) is 5.69 Å². The zero-order chi connectivity index (χ0) is 31.7. The fraction of sp³-hybridized carbons (Fsp3) is 0.394. The minimum Gasteiger partial charge on any atom is -0.354 e. The smallest absolute Gasteiger partial charge is 0.243 e. The van der Waals surface area contributed by atoms with Crippen LogP contribution in [0.5, 0.6) is 0 Å². The molecular weight excluding hydrogens is 605 g/mol. The first-order valence-corrected chi connectivity index (χ1v) is 17.0. The lowest BCUT2D eigenvalue weighted by Crippen LogP contribution is -2.51. The summed E-state index contributed by atoms with van der Waals surface area (Å²) >= 11 is 12.7. The molecule has 0 saturated heterocycles. The van der Waals surface area contributed by atoms with Crippen molar-refractivity contribution in [2.75, 3.05) is 23.7 Å². The molecule has 0 saturated carbocycles. The predicted octanol–water partition coefficient (Wildman–Crippen LogP) is 6.57. The molecule has 0 fully saturated rings. The van der Waals surface area contributed by atoms with E-state index in [1.54, 1.807) is 23.1 Å². The second kappa shape index (κ2) is 15.6. The number of rotatable bonds is 14. The SMILES string of the molecule is Cc1ccc(C)c(N(CCCC(=O)N(Cc2ccc(Cl)cc2Cl)[C@H](Cc2ccccc2)C(=O)NCC(C)C)S(C)(=O)=O)c1. The van der Waals surface area contributed by atoms with Crippen LogP contribution in [0.1, 0.15) is 48.9 Å². The summed E-state index contributed by atoms with van der Waals surface area (Å²) in [5, 5.41) is 3.86. The van der Waals surface area contributed by atoms with Gasteiger partial charge in [-0.2, -0.15) is 0 Å². The van der Waals surface area contributed by atoms with Crippen molar-refractivity contribution in [3.05, 3.63) is 99.0 Å². The van der Waals surface area contributed by atoms with E-state index in [0.717, 1.165) is 16.7 Å². The van der Waals surface area contributed by atoms with Gasteiger partial charge in [-0.1, -0.05) is 85.6 Å². The molecule has 2 amide bonds. The quantitative estimate of drug-likeness (QED) is 0.215. The molecule has 7 nitrogen and oxygen atoms in total. The van der Waals surface area contributed by atoms with Gasteiger partial charge >= 0.3 is 0 Å². The van der Waals surface area contributed by atoms with Gasteiger partial charge in [0.05, 0.1) is 11.9 Å². The van der Waals surface area contributed by atoms with Crippen LogP contribution in [0.25, 0.3) is 0 Å². The first kappa shape index (κ1) is 34.4. The standard InChI is InChI=1S/C33H41Cl2N3O4S/c1-23(2)21-36-33(40)31(19-26-10-7-6-8-11-26)37(22-27-15-16-28(34)20-29(27)35)32(39)12-9-17-38(43(5,41)42)30-18-24(3)13-14-25(30)4/h6-8,10-11,13-16,18,20,23,31H,9,12,17,19,21-22H2,1-5H3,(H,36,40)/t31-/m1/s1. The van der Waals surface area contributed by atoms with Gasteiger partial charge in [0.1, 0.15) is 6.04 Å². The van der Waals surface area contributed by atoms with Crippen LogP contribution >= 0.6 is 23.2 Å². The van der Waals surface area contributed by atoms with Crippen LogP contribution in [-0.4, -0.2) is 50.5 Å². The molecule has 232 valence electrons. The van der Waals surface area contributed by atoms with E-state index in [4.69, 9.17) is 23.2 Å². The Morgan fingerprint density at radius 3 is 2.28 bits per heavy atom. The van der Waals surface area contributed by atoms with Gasteiger partial charge in [0, 0.05) is 42.5 Å². The number of nitrogens with zero attached hydrogens (tertiary/aromatic N) is 2. The summed E-state index contributed by atoms with van der Waals surface area (Å²) in [6.07, 6.45) is 1.76. The third kappa shape index (κ3) is 10.3. The van der Waals surface area contributed by atoms with Crippen molar-refractivity contribution >= 4 is 50.7 Å². The highest BCUT2D eigenvalue weighted by Gasteiger charge is 2.31. The molecule has 3 rings (SSSR count). The van der Waals surface area contributed by atoms with Gasteiger partial charge in [-0.15, -0.1) is 0 Å². The fourth-order valence-electron chi connectivity index (χ4n) is 4.78. The van der Waals surface area contributed by atoms with Gasteiger partial charge in [-0.25, -0.2) is 8.42 Å². The summed E-state index contributed by atoms with van der Waals surface area (Å²) in [6, 6.07) is 19.4. The third-order valence-corrected chi connectivity index (χ3v) is 8.86. The van der Waals surface area contributed by atoms with E-state index in [2.05, 4.69) is 5.32 Å². The molecule has 0 radical (unpaired) electrons. The minimum atomic E-state index is -3.61. The van der Waals surface area contributed by atoms with Gasteiger partial charge in [0.15, 0.2) is 0 Å². The van der Waals surface area contributed by atoms with Crippen molar-refractivity contribution in [2.45, 2.75) is 59.5 Å². The second-order valence-corrected chi connectivity index (χ2v) is 14.1. The molecule has 0 spiro atoms. The molecular formula is C33H41Cl2N3O4S. The number of amides is 2. The van der Waals surface area contributed by atoms with Gasteiger partial charge in [-0.05, 0) is 66.6 Å². The van der Waals surface area contributed by atoms with Crippen LogP contribution in [0.2, 0.25) is 10.0 Å². The van der Waals surface area contributed by atoms with Gasteiger partial charge in [0.25, 0.3) is 0 Å². The van der Waals surface area contributed by atoms with E-state index >= 15 is 0 Å². The number of sulfonamides is 1. The van der Waals surface area contributed by atoms with E-state index in [-0.39, 0.29) is 43.7 Å². The van der Waals surface area contributed by atoms with Crippen molar-refractivity contribution < 1.29 is 18.0 Å². The van der Waals surface area contributed by atoms with E-state index in [9.17, 15) is 18.0 Å². The first-order valence-electron chi connectivity index (χ1n) is 14.4. The first-order chi connectivity index (χ1) is 20.3. The zero-order valence-electron chi connectivity index (χ0n) is 25.4. The van der Waals surface area contributed by atoms with Crippen LogP contribution in [0.3, 0.4) is 0 Å². The summed E-state index contributed by atoms with van der Waals surface area (Å²) in [5.74, 6) is -0.312. The number of carbonyl (C=O) groups is 2. The largest absolute Gasteiger partial charge is 0.354 e. The van der Waals surface area contributed by atoms with E-state index < -0.39 is 16.1 Å². The molecule has 0 aliphatic carbocycles. The van der Waals surface area contributed by atoms with Crippen molar-refractivity contribution in [2.24, 2.45) is 5.92 Å². The molecule has 0 aliphatic rings. The van der Waals surface area contributed by atoms with E-state index in [0.29, 0.717) is 34.3 Å². The number of anilines is 1. The molecule has 43 heavy (non-hydrogen) atoms. The maximum atomic E-state index is 14.0. The molecule has 1 N–H and O–H groups in total. The molecule has 10 heteroatoms. The summed E-state index contributed by atoms with van der Waals surface area (Å²) in [7, 11) is -3.61. The Labute approximate surface area is 266 Å². The Bertz CT molecular complexity index is 1510. The lowest BCUT2D eigenvalue weighted by molar-refractivity contribution is -0.141. The third-order valence-electron chi connectivity index (χ3n) is 7.10. The Hall–Kier alpha value is -3.07. The van der Waals surface area contributed by atoms with E-state index in [1.807, 2.05) is 76.2 Å². The molecule has 0 aliphatic heterocycles. The highest BCUT2D eigenvalue weighted by Crippen LogP contribution is 2.26. The highest BCUT2D eigenvalue weighted by molar-refractivity contribution is 7.92. The number of benzene rings is 3. The van der Waals surface area contributed by atoms with Gasteiger partial charge in [0.2, 0.25) is 21.8 Å². The molecule has 0 aromatic heterocycles. The van der Waals surface area contributed by atoms with Gasteiger partial charge < -0.3 is 10.2 Å². The number of hydrogen-bond acceptors (Lipinski definition) is 4. The Morgan fingerprint density at radius 1 is 0.953 bits per heavy atom. The summed E-state index contributed by atoms with van der Waals surface area (Å²) in [4.78, 5) is 29.2. The maximum Gasteiger partial charge on any atom is 0.243 e.